The van der Waals surface area contributed by atoms with Crippen molar-refractivity contribution < 1.29 is 9.13 Å². The fraction of sp³-hybridized carbons (Fsp3) is 0.263. The number of aryl methyl sites for hydroxylation is 1. The van der Waals surface area contributed by atoms with Crippen molar-refractivity contribution in [3.8, 4) is 5.75 Å². The smallest absolute Gasteiger partial charge is 0.143 e. The van der Waals surface area contributed by atoms with Crippen LogP contribution in [0.25, 0.3) is 10.9 Å². The van der Waals surface area contributed by atoms with E-state index in [9.17, 15) is 4.39 Å². The first-order chi connectivity index (χ1) is 11.7. The number of fused-ring (bicyclic) bond motifs is 2. The van der Waals surface area contributed by atoms with Gasteiger partial charge in [0.25, 0.3) is 0 Å². The summed E-state index contributed by atoms with van der Waals surface area (Å²) < 4.78 is 19.8. The average Bonchev–Trinajstić information content (AvgIpc) is 2.78. The molecule has 1 aliphatic rings. The van der Waals surface area contributed by atoms with Crippen LogP contribution in [0.1, 0.15) is 17.1 Å². The van der Waals surface area contributed by atoms with E-state index in [2.05, 4.69) is 14.9 Å². The SMILES string of the molecule is Cc1nc(CN2CCOc3cccc(F)c3C2)nc2ccccc12. The van der Waals surface area contributed by atoms with Gasteiger partial charge in [-0.3, -0.25) is 4.90 Å². The topological polar surface area (TPSA) is 38.2 Å². The summed E-state index contributed by atoms with van der Waals surface area (Å²) in [6, 6.07) is 13.0. The normalized spacial score (nSPS) is 14.9. The Morgan fingerprint density at radius 1 is 1.12 bits per heavy atom. The largest absolute Gasteiger partial charge is 0.492 e. The summed E-state index contributed by atoms with van der Waals surface area (Å²) in [5.74, 6) is 1.16. The molecule has 24 heavy (non-hydrogen) atoms. The Kier molecular flexibility index (Phi) is 3.86. The lowest BCUT2D eigenvalue weighted by Gasteiger charge is -2.19. The van der Waals surface area contributed by atoms with Crippen molar-refractivity contribution >= 4 is 10.9 Å². The zero-order valence-electron chi connectivity index (χ0n) is 13.5. The van der Waals surface area contributed by atoms with Crippen molar-refractivity contribution in [1.29, 1.82) is 0 Å². The van der Waals surface area contributed by atoms with Gasteiger partial charge in [-0.1, -0.05) is 24.3 Å². The summed E-state index contributed by atoms with van der Waals surface area (Å²) in [6.45, 7) is 4.31. The molecule has 4 rings (SSSR count). The molecule has 0 amide bonds. The zero-order chi connectivity index (χ0) is 16.5. The number of halogens is 1. The van der Waals surface area contributed by atoms with Gasteiger partial charge in [-0.05, 0) is 25.1 Å². The molecule has 0 bridgehead atoms. The van der Waals surface area contributed by atoms with E-state index >= 15 is 0 Å². The van der Waals surface area contributed by atoms with Crippen LogP contribution in [0.4, 0.5) is 4.39 Å². The number of aromatic nitrogens is 2. The fourth-order valence-corrected chi connectivity index (χ4v) is 3.12. The van der Waals surface area contributed by atoms with E-state index in [-0.39, 0.29) is 5.82 Å². The number of para-hydroxylation sites is 1. The molecule has 1 aliphatic heterocycles. The molecule has 0 N–H and O–H groups in total. The Balaban J connectivity index is 1.62. The third-order valence-corrected chi connectivity index (χ3v) is 4.33. The number of hydrogen-bond acceptors (Lipinski definition) is 4. The molecule has 0 atom stereocenters. The van der Waals surface area contributed by atoms with Crippen molar-refractivity contribution in [2.45, 2.75) is 20.0 Å². The average molecular weight is 323 g/mol. The molecule has 0 aliphatic carbocycles. The third kappa shape index (κ3) is 2.83. The van der Waals surface area contributed by atoms with Crippen molar-refractivity contribution in [3.63, 3.8) is 0 Å². The maximum absolute atomic E-state index is 14.1. The van der Waals surface area contributed by atoms with Crippen LogP contribution in [0.3, 0.4) is 0 Å². The summed E-state index contributed by atoms with van der Waals surface area (Å²) in [4.78, 5) is 11.4. The highest BCUT2D eigenvalue weighted by atomic mass is 19.1. The molecule has 4 nitrogen and oxygen atoms in total. The predicted octanol–water partition coefficient (Wildman–Crippen LogP) is 3.47. The van der Waals surface area contributed by atoms with Gasteiger partial charge >= 0.3 is 0 Å². The maximum Gasteiger partial charge on any atom is 0.143 e. The molecule has 0 unspecified atom stereocenters. The van der Waals surface area contributed by atoms with E-state index in [1.807, 2.05) is 37.3 Å². The first-order valence-corrected chi connectivity index (χ1v) is 8.05. The Morgan fingerprint density at radius 3 is 2.92 bits per heavy atom. The van der Waals surface area contributed by atoms with E-state index < -0.39 is 0 Å². The zero-order valence-corrected chi connectivity index (χ0v) is 13.5. The maximum atomic E-state index is 14.1. The highest BCUT2D eigenvalue weighted by Gasteiger charge is 2.19. The van der Waals surface area contributed by atoms with Crippen LogP contribution in [-0.2, 0) is 13.1 Å². The second-order valence-electron chi connectivity index (χ2n) is 6.02. The summed E-state index contributed by atoms with van der Waals surface area (Å²) in [6.07, 6.45) is 0. The van der Waals surface area contributed by atoms with E-state index in [1.54, 1.807) is 6.07 Å². The van der Waals surface area contributed by atoms with Gasteiger partial charge in [0.1, 0.15) is 24.0 Å². The molecular formula is C19H18FN3O. The van der Waals surface area contributed by atoms with Gasteiger partial charge in [-0.2, -0.15) is 0 Å². The van der Waals surface area contributed by atoms with Crippen LogP contribution >= 0.6 is 0 Å². The molecular weight excluding hydrogens is 305 g/mol. The summed E-state index contributed by atoms with van der Waals surface area (Å²) in [5, 5.41) is 1.07. The first-order valence-electron chi connectivity index (χ1n) is 8.05. The molecule has 5 heteroatoms. The monoisotopic (exact) mass is 323 g/mol. The predicted molar refractivity (Wildman–Crippen MR) is 90.3 cm³/mol. The fourth-order valence-electron chi connectivity index (χ4n) is 3.12. The molecule has 0 saturated carbocycles. The first kappa shape index (κ1) is 15.0. The van der Waals surface area contributed by atoms with Crippen LogP contribution in [0.2, 0.25) is 0 Å². The number of ether oxygens (including phenoxy) is 1. The van der Waals surface area contributed by atoms with Gasteiger partial charge in [0.15, 0.2) is 0 Å². The Bertz CT molecular complexity index is 897. The van der Waals surface area contributed by atoms with Gasteiger partial charge in [0, 0.05) is 29.7 Å². The van der Waals surface area contributed by atoms with Gasteiger partial charge < -0.3 is 4.74 Å². The van der Waals surface area contributed by atoms with E-state index in [0.29, 0.717) is 37.6 Å². The number of hydrogen-bond donors (Lipinski definition) is 0. The van der Waals surface area contributed by atoms with Gasteiger partial charge in [0.05, 0.1) is 12.1 Å². The van der Waals surface area contributed by atoms with Crippen LogP contribution in [0.15, 0.2) is 42.5 Å². The quantitative estimate of drug-likeness (QED) is 0.724. The lowest BCUT2D eigenvalue weighted by atomic mass is 10.1. The Hall–Kier alpha value is -2.53. The molecule has 0 fully saturated rings. The standard InChI is InChI=1S/C19H18FN3O/c1-13-14-5-2-3-7-17(14)22-19(21-13)12-23-9-10-24-18-8-4-6-16(20)15(18)11-23/h2-8H,9-12H2,1H3. The molecule has 1 aromatic heterocycles. The molecule has 2 aromatic carbocycles. The highest BCUT2D eigenvalue weighted by molar-refractivity contribution is 5.80. The Morgan fingerprint density at radius 2 is 2.00 bits per heavy atom. The second-order valence-corrected chi connectivity index (χ2v) is 6.02. The van der Waals surface area contributed by atoms with Gasteiger partial charge in [0.2, 0.25) is 0 Å². The molecule has 3 aromatic rings. The minimum atomic E-state index is -0.227. The van der Waals surface area contributed by atoms with Crippen LogP contribution < -0.4 is 4.74 Å². The molecule has 122 valence electrons. The minimum absolute atomic E-state index is 0.227. The third-order valence-electron chi connectivity index (χ3n) is 4.33. The van der Waals surface area contributed by atoms with E-state index in [1.165, 1.54) is 6.07 Å². The lowest BCUT2D eigenvalue weighted by Crippen LogP contribution is -2.26. The van der Waals surface area contributed by atoms with Crippen LogP contribution in [0, 0.1) is 12.7 Å². The van der Waals surface area contributed by atoms with Gasteiger partial charge in [-0.25, -0.2) is 14.4 Å². The lowest BCUT2D eigenvalue weighted by molar-refractivity contribution is 0.215. The number of rotatable bonds is 2. The number of benzene rings is 2. The summed E-state index contributed by atoms with van der Waals surface area (Å²) in [5.41, 5.74) is 2.51. The highest BCUT2D eigenvalue weighted by Crippen LogP contribution is 2.26. The minimum Gasteiger partial charge on any atom is -0.492 e. The summed E-state index contributed by atoms with van der Waals surface area (Å²) >= 11 is 0. The second kappa shape index (κ2) is 6.17. The molecule has 2 heterocycles. The van der Waals surface area contributed by atoms with Gasteiger partial charge in [-0.15, -0.1) is 0 Å². The molecule has 0 radical (unpaired) electrons. The van der Waals surface area contributed by atoms with Crippen molar-refractivity contribution in [1.82, 2.24) is 14.9 Å². The number of nitrogens with zero attached hydrogens (tertiary/aromatic N) is 3. The molecule has 0 saturated heterocycles. The summed E-state index contributed by atoms with van der Waals surface area (Å²) in [7, 11) is 0. The Labute approximate surface area is 139 Å². The van der Waals surface area contributed by atoms with Crippen molar-refractivity contribution in [2.24, 2.45) is 0 Å². The van der Waals surface area contributed by atoms with E-state index in [4.69, 9.17) is 4.74 Å². The van der Waals surface area contributed by atoms with Crippen molar-refractivity contribution in [3.05, 3.63) is 65.4 Å². The van der Waals surface area contributed by atoms with Crippen LogP contribution in [0.5, 0.6) is 5.75 Å². The van der Waals surface area contributed by atoms with Crippen molar-refractivity contribution in [2.75, 3.05) is 13.2 Å². The van der Waals surface area contributed by atoms with Crippen LogP contribution in [-0.4, -0.2) is 28.0 Å². The van der Waals surface area contributed by atoms with E-state index in [0.717, 1.165) is 22.4 Å². The molecule has 0 spiro atoms.